The van der Waals surface area contributed by atoms with E-state index in [4.69, 9.17) is 37.9 Å². The molecule has 4 aromatic carbocycles. The van der Waals surface area contributed by atoms with Crippen molar-refractivity contribution < 1.29 is 58.3 Å². The third kappa shape index (κ3) is 9.98. The molecule has 0 aliphatic rings. The lowest BCUT2D eigenvalue weighted by Crippen LogP contribution is -2.23. The summed E-state index contributed by atoms with van der Waals surface area (Å²) in [6.07, 6.45) is 2.25. The zero-order chi connectivity index (χ0) is 37.6. The van der Waals surface area contributed by atoms with E-state index in [9.17, 15) is 20.4 Å². The molecule has 0 bridgehead atoms. The maximum Gasteiger partial charge on any atom is 0.203 e. The van der Waals surface area contributed by atoms with Crippen LogP contribution in [0.25, 0.3) is 0 Å². The van der Waals surface area contributed by atoms with Gasteiger partial charge >= 0.3 is 0 Å². The summed E-state index contributed by atoms with van der Waals surface area (Å²) in [5.74, 6) is 3.31. The van der Waals surface area contributed by atoms with Gasteiger partial charge in [-0.3, -0.25) is 0 Å². The number of rotatable bonds is 21. The van der Waals surface area contributed by atoms with Gasteiger partial charge in [-0.2, -0.15) is 0 Å². The van der Waals surface area contributed by atoms with E-state index in [0.717, 1.165) is 22.3 Å². The number of ether oxygens (including phenoxy) is 8. The summed E-state index contributed by atoms with van der Waals surface area (Å²) >= 11 is 0. The second-order valence-corrected chi connectivity index (χ2v) is 12.2. The molecule has 0 unspecified atom stereocenters. The van der Waals surface area contributed by atoms with Gasteiger partial charge in [0.15, 0.2) is 46.0 Å². The molecule has 4 N–H and O–H groups in total. The van der Waals surface area contributed by atoms with Crippen molar-refractivity contribution in [1.82, 2.24) is 0 Å². The van der Waals surface area contributed by atoms with Gasteiger partial charge in [0, 0.05) is 13.2 Å². The van der Waals surface area contributed by atoms with Crippen LogP contribution in [0.15, 0.2) is 60.7 Å². The van der Waals surface area contributed by atoms with Crippen molar-refractivity contribution in [3.05, 3.63) is 82.9 Å². The van der Waals surface area contributed by atoms with Gasteiger partial charge in [0.2, 0.25) is 11.5 Å². The van der Waals surface area contributed by atoms with Gasteiger partial charge in [0.25, 0.3) is 0 Å². The molecule has 4 aromatic rings. The molecule has 52 heavy (non-hydrogen) atoms. The van der Waals surface area contributed by atoms with Gasteiger partial charge in [0.1, 0.15) is 13.2 Å². The topological polar surface area (TPSA) is 155 Å². The quantitative estimate of drug-likeness (QED) is 0.0787. The minimum atomic E-state index is -0.185. The van der Waals surface area contributed by atoms with E-state index in [1.807, 2.05) is 12.1 Å². The number of aromatic hydroxyl groups is 2. The average molecular weight is 723 g/mol. The van der Waals surface area contributed by atoms with Crippen LogP contribution in [0.5, 0.6) is 57.5 Å². The number of aliphatic hydroxyl groups is 2. The molecule has 0 saturated heterocycles. The molecule has 0 fully saturated rings. The standard InChI is InChI=1S/C40H50O12/c1-45-35-18-27(19-36(46-2)39(35)49-5)23-51-33-11-9-25(16-31(33)43)14-29(8-7-13-41)30(22-42)15-26-10-12-34(32(44)17-26)52-24-28-20-37(47-3)40(50-6)38(21-28)48-4/h9-12,16-21,29-30,41-44H,7-8,13-15,22-24H2,1-6H3/t29-,30+/m1/s1. The van der Waals surface area contributed by atoms with E-state index in [2.05, 4.69) is 0 Å². The fraction of sp³-hybridized carbons (Fsp3) is 0.400. The third-order valence-electron chi connectivity index (χ3n) is 8.91. The van der Waals surface area contributed by atoms with Crippen LogP contribution < -0.4 is 37.9 Å². The van der Waals surface area contributed by atoms with Crippen LogP contribution in [0.2, 0.25) is 0 Å². The molecule has 0 spiro atoms. The Morgan fingerprint density at radius 2 is 0.885 bits per heavy atom. The van der Waals surface area contributed by atoms with Gasteiger partial charge in [-0.25, -0.2) is 0 Å². The Morgan fingerprint density at radius 3 is 1.21 bits per heavy atom. The minimum absolute atomic E-state index is 0.0153. The largest absolute Gasteiger partial charge is 0.504 e. The molecule has 0 amide bonds. The number of methoxy groups -OCH3 is 6. The number of hydrogen-bond donors (Lipinski definition) is 4. The van der Waals surface area contributed by atoms with Crippen molar-refractivity contribution in [3.63, 3.8) is 0 Å². The Morgan fingerprint density at radius 1 is 0.481 bits per heavy atom. The molecule has 0 aliphatic carbocycles. The fourth-order valence-electron chi connectivity index (χ4n) is 6.23. The van der Waals surface area contributed by atoms with Crippen LogP contribution in [-0.2, 0) is 26.1 Å². The van der Waals surface area contributed by atoms with E-state index in [0.29, 0.717) is 71.7 Å². The van der Waals surface area contributed by atoms with Gasteiger partial charge in [0.05, 0.1) is 42.7 Å². The lowest BCUT2D eigenvalue weighted by atomic mass is 9.80. The highest BCUT2D eigenvalue weighted by molar-refractivity contribution is 5.55. The van der Waals surface area contributed by atoms with Crippen molar-refractivity contribution in [2.45, 2.75) is 38.9 Å². The van der Waals surface area contributed by atoms with E-state index in [-0.39, 0.29) is 49.8 Å². The maximum absolute atomic E-state index is 10.9. The monoisotopic (exact) mass is 722 g/mol. The summed E-state index contributed by atoms with van der Waals surface area (Å²) in [6.45, 7) is 0.218. The number of hydrogen-bond acceptors (Lipinski definition) is 12. The average Bonchev–Trinajstić information content (AvgIpc) is 3.16. The summed E-state index contributed by atoms with van der Waals surface area (Å²) in [5.41, 5.74) is 3.20. The Hall–Kier alpha value is -5.20. The van der Waals surface area contributed by atoms with Crippen molar-refractivity contribution in [3.8, 4) is 57.5 Å². The molecular weight excluding hydrogens is 672 g/mol. The normalized spacial score (nSPS) is 12.1. The third-order valence-corrected chi connectivity index (χ3v) is 8.91. The van der Waals surface area contributed by atoms with E-state index < -0.39 is 0 Å². The number of benzene rings is 4. The van der Waals surface area contributed by atoms with Crippen molar-refractivity contribution in [2.24, 2.45) is 11.8 Å². The van der Waals surface area contributed by atoms with Gasteiger partial charge < -0.3 is 58.3 Å². The lowest BCUT2D eigenvalue weighted by molar-refractivity contribution is 0.158. The molecule has 12 nitrogen and oxygen atoms in total. The predicted octanol–water partition coefficient (Wildman–Crippen LogP) is 6.09. The SMILES string of the molecule is COc1cc(COc2ccc(C[C@@H](CO)[C@H](CCCO)Cc3ccc(OCc4cc(OC)c(OC)c(OC)c4)c(O)c3)cc2O)cc(OC)c1OC. The van der Waals surface area contributed by atoms with E-state index in [1.54, 1.807) is 62.8 Å². The highest BCUT2D eigenvalue weighted by Gasteiger charge is 2.23. The minimum Gasteiger partial charge on any atom is -0.504 e. The second-order valence-electron chi connectivity index (χ2n) is 12.2. The van der Waals surface area contributed by atoms with Crippen LogP contribution in [0.3, 0.4) is 0 Å². The van der Waals surface area contributed by atoms with Crippen molar-refractivity contribution in [1.29, 1.82) is 0 Å². The zero-order valence-corrected chi connectivity index (χ0v) is 30.6. The number of aliphatic hydroxyl groups excluding tert-OH is 2. The van der Waals surface area contributed by atoms with Crippen LogP contribution in [0.4, 0.5) is 0 Å². The van der Waals surface area contributed by atoms with Crippen LogP contribution in [0, 0.1) is 11.8 Å². The molecule has 282 valence electrons. The Kier molecular flexibility index (Phi) is 14.8. The molecule has 12 heteroatoms. The van der Waals surface area contributed by atoms with Gasteiger partial charge in [-0.1, -0.05) is 12.1 Å². The van der Waals surface area contributed by atoms with E-state index in [1.165, 1.54) is 28.4 Å². The summed E-state index contributed by atoms with van der Waals surface area (Å²) in [5, 5.41) is 41.9. The Balaban J connectivity index is 1.43. The van der Waals surface area contributed by atoms with Crippen LogP contribution in [0.1, 0.15) is 35.1 Å². The molecule has 0 aliphatic heterocycles. The first-order valence-electron chi connectivity index (χ1n) is 16.9. The second kappa shape index (κ2) is 19.4. The van der Waals surface area contributed by atoms with Crippen LogP contribution >= 0.6 is 0 Å². The molecule has 0 heterocycles. The molecule has 0 saturated carbocycles. The Labute approximate surface area is 305 Å². The smallest absolute Gasteiger partial charge is 0.203 e. The summed E-state index contributed by atoms with van der Waals surface area (Å²) in [4.78, 5) is 0. The molecule has 0 radical (unpaired) electrons. The first-order valence-corrected chi connectivity index (χ1v) is 16.9. The number of phenols is 2. The van der Waals surface area contributed by atoms with Gasteiger partial charge in [-0.15, -0.1) is 0 Å². The van der Waals surface area contributed by atoms with Crippen LogP contribution in [-0.4, -0.2) is 76.3 Å². The maximum atomic E-state index is 10.9. The molecule has 0 aromatic heterocycles. The van der Waals surface area contributed by atoms with Crippen molar-refractivity contribution in [2.75, 3.05) is 55.9 Å². The Bertz CT molecular complexity index is 1690. The first-order chi connectivity index (χ1) is 25.2. The summed E-state index contributed by atoms with van der Waals surface area (Å²) < 4.78 is 44.3. The first kappa shape index (κ1) is 39.6. The number of phenolic OH excluding ortho intramolecular Hbond substituents is 2. The van der Waals surface area contributed by atoms with E-state index >= 15 is 0 Å². The van der Waals surface area contributed by atoms with Crippen molar-refractivity contribution >= 4 is 0 Å². The fourth-order valence-corrected chi connectivity index (χ4v) is 6.23. The lowest BCUT2D eigenvalue weighted by Gasteiger charge is -2.26. The summed E-state index contributed by atoms with van der Waals surface area (Å²) in [6, 6.07) is 17.6. The highest BCUT2D eigenvalue weighted by atomic mass is 16.5. The molecule has 4 rings (SSSR count). The molecular formula is C40H50O12. The summed E-state index contributed by atoms with van der Waals surface area (Å²) in [7, 11) is 9.23. The predicted molar refractivity (Wildman–Crippen MR) is 195 cm³/mol. The zero-order valence-electron chi connectivity index (χ0n) is 30.6. The highest BCUT2D eigenvalue weighted by Crippen LogP contribution is 2.40. The van der Waals surface area contributed by atoms with Gasteiger partial charge in [-0.05, 0) is 108 Å². The molecule has 2 atom stereocenters.